The first-order chi connectivity index (χ1) is 10.6. The van der Waals surface area contributed by atoms with Gasteiger partial charge >= 0.3 is 5.97 Å². The Bertz CT molecular complexity index is 728. The van der Waals surface area contributed by atoms with Crippen LogP contribution < -0.4 is 0 Å². The minimum atomic E-state index is -0.909. The van der Waals surface area contributed by atoms with Crippen molar-refractivity contribution in [3.05, 3.63) is 56.7 Å². The lowest BCUT2D eigenvalue weighted by atomic mass is 10.0. The fraction of sp³-hybridized carbons (Fsp3) is 0.250. The predicted molar refractivity (Wildman–Crippen MR) is 85.5 cm³/mol. The van der Waals surface area contributed by atoms with E-state index in [1.807, 2.05) is 23.6 Å². The number of carboxylic acids is 1. The van der Waals surface area contributed by atoms with Crippen LogP contribution in [0, 0.1) is 0 Å². The molecule has 0 radical (unpaired) electrons. The van der Waals surface area contributed by atoms with Gasteiger partial charge in [0.1, 0.15) is 0 Å². The van der Waals surface area contributed by atoms with Gasteiger partial charge in [-0.25, -0.2) is 0 Å². The Morgan fingerprint density at radius 2 is 2.09 bits per heavy atom. The number of hydrogen-bond acceptors (Lipinski definition) is 3. The van der Waals surface area contributed by atoms with Gasteiger partial charge in [-0.3, -0.25) is 9.59 Å². The van der Waals surface area contributed by atoms with Gasteiger partial charge in [0.2, 0.25) is 0 Å². The summed E-state index contributed by atoms with van der Waals surface area (Å²) in [5.41, 5.74) is 2.39. The molecule has 0 bridgehead atoms. The van der Waals surface area contributed by atoms with E-state index in [1.165, 1.54) is 11.3 Å². The quantitative estimate of drug-likeness (QED) is 0.908. The van der Waals surface area contributed by atoms with Crippen molar-refractivity contribution in [2.24, 2.45) is 0 Å². The molecule has 22 heavy (non-hydrogen) atoms. The molecule has 2 heterocycles. The number of fused-ring (bicyclic) bond motifs is 1. The fourth-order valence-corrected chi connectivity index (χ4v) is 3.81. The predicted octanol–water partition coefficient (Wildman–Crippen LogP) is 3.62. The van der Waals surface area contributed by atoms with E-state index in [4.69, 9.17) is 16.7 Å². The van der Waals surface area contributed by atoms with E-state index in [1.54, 1.807) is 17.0 Å². The summed E-state index contributed by atoms with van der Waals surface area (Å²) in [5.74, 6) is -1.01. The summed E-state index contributed by atoms with van der Waals surface area (Å²) >= 11 is 7.55. The van der Waals surface area contributed by atoms with Crippen LogP contribution in [0.15, 0.2) is 35.7 Å². The molecular formula is C16H14ClNO3S. The van der Waals surface area contributed by atoms with Gasteiger partial charge in [-0.05, 0) is 35.1 Å². The Labute approximate surface area is 136 Å². The van der Waals surface area contributed by atoms with Crippen LogP contribution in [0.1, 0.15) is 33.9 Å². The van der Waals surface area contributed by atoms with Crippen molar-refractivity contribution in [3.8, 4) is 0 Å². The summed E-state index contributed by atoms with van der Waals surface area (Å²) in [6.45, 7) is 0.460. The van der Waals surface area contributed by atoms with Crippen LogP contribution in [0.3, 0.4) is 0 Å². The average molecular weight is 336 g/mol. The number of carbonyl (C=O) groups excluding carboxylic acids is 1. The van der Waals surface area contributed by atoms with Crippen molar-refractivity contribution in [2.45, 2.75) is 18.9 Å². The Morgan fingerprint density at radius 3 is 2.77 bits per heavy atom. The summed E-state index contributed by atoms with van der Waals surface area (Å²) in [6, 6.07) is 8.75. The van der Waals surface area contributed by atoms with Gasteiger partial charge in [-0.1, -0.05) is 29.8 Å². The molecule has 1 unspecified atom stereocenters. The number of halogens is 1. The van der Waals surface area contributed by atoms with Gasteiger partial charge < -0.3 is 10.0 Å². The number of carbonyl (C=O) groups is 2. The molecule has 4 nitrogen and oxygen atoms in total. The van der Waals surface area contributed by atoms with E-state index >= 15 is 0 Å². The van der Waals surface area contributed by atoms with Crippen LogP contribution in [0.4, 0.5) is 0 Å². The van der Waals surface area contributed by atoms with Gasteiger partial charge in [0, 0.05) is 12.1 Å². The van der Waals surface area contributed by atoms with Crippen LogP contribution in [0.2, 0.25) is 4.34 Å². The summed E-state index contributed by atoms with van der Waals surface area (Å²) in [4.78, 5) is 25.3. The number of carboxylic acid groups (broad SMARTS) is 1. The van der Waals surface area contributed by atoms with Crippen LogP contribution >= 0.6 is 22.9 Å². The average Bonchev–Trinajstić information content (AvgIpc) is 3.01. The standard InChI is InChI=1S/C16H14ClNO3S/c17-15-10(6-8-22-15)5-7-18-13(9-14(19)20)11-3-1-2-4-12(11)16(18)21/h1-4,6,8,13H,5,7,9H2,(H,19,20). The van der Waals surface area contributed by atoms with Crippen LogP contribution in [-0.2, 0) is 11.2 Å². The second kappa shape index (κ2) is 6.10. The molecule has 1 aliphatic heterocycles. The van der Waals surface area contributed by atoms with Crippen LogP contribution in [0.5, 0.6) is 0 Å². The molecule has 0 spiro atoms. The molecule has 0 saturated heterocycles. The van der Waals surface area contributed by atoms with Crippen LogP contribution in [0.25, 0.3) is 0 Å². The number of benzene rings is 1. The molecule has 0 aliphatic carbocycles. The van der Waals surface area contributed by atoms with Crippen molar-refractivity contribution in [3.63, 3.8) is 0 Å². The Kier molecular flexibility index (Phi) is 4.18. The number of rotatable bonds is 5. The number of nitrogens with zero attached hydrogens (tertiary/aromatic N) is 1. The van der Waals surface area contributed by atoms with Gasteiger partial charge in [-0.2, -0.15) is 0 Å². The summed E-state index contributed by atoms with van der Waals surface area (Å²) in [5, 5.41) is 11.1. The lowest BCUT2D eigenvalue weighted by molar-refractivity contribution is -0.138. The summed E-state index contributed by atoms with van der Waals surface area (Å²) in [6.07, 6.45) is 0.540. The lowest BCUT2D eigenvalue weighted by Crippen LogP contribution is -2.31. The molecular weight excluding hydrogens is 322 g/mol. The molecule has 1 aliphatic rings. The molecule has 114 valence electrons. The van der Waals surface area contributed by atoms with Crippen molar-refractivity contribution >= 4 is 34.8 Å². The molecule has 1 aromatic carbocycles. The summed E-state index contributed by atoms with van der Waals surface area (Å²) < 4.78 is 0.721. The largest absolute Gasteiger partial charge is 0.481 e. The first kappa shape index (κ1) is 15.1. The molecule has 1 N–H and O–H groups in total. The minimum absolute atomic E-state index is 0.0832. The molecule has 0 saturated carbocycles. The topological polar surface area (TPSA) is 57.6 Å². The molecule has 2 aromatic rings. The molecule has 1 amide bonds. The van der Waals surface area contributed by atoms with E-state index in [-0.39, 0.29) is 12.3 Å². The molecule has 1 aromatic heterocycles. The van der Waals surface area contributed by atoms with Crippen molar-refractivity contribution < 1.29 is 14.7 Å². The monoisotopic (exact) mass is 335 g/mol. The number of aliphatic carboxylic acids is 1. The zero-order valence-corrected chi connectivity index (χ0v) is 13.2. The third kappa shape index (κ3) is 2.74. The Hall–Kier alpha value is -1.85. The highest BCUT2D eigenvalue weighted by molar-refractivity contribution is 7.14. The third-order valence-electron chi connectivity index (χ3n) is 3.87. The molecule has 3 rings (SSSR count). The SMILES string of the molecule is O=C(O)CC1c2ccccc2C(=O)N1CCc1ccsc1Cl. The number of thiophene rings is 1. The van der Waals surface area contributed by atoms with Gasteiger partial charge in [0.25, 0.3) is 5.91 Å². The lowest BCUT2D eigenvalue weighted by Gasteiger charge is -2.24. The van der Waals surface area contributed by atoms with E-state index < -0.39 is 12.0 Å². The Morgan fingerprint density at radius 1 is 1.32 bits per heavy atom. The van der Waals surface area contributed by atoms with Gasteiger partial charge in [0.05, 0.1) is 16.8 Å². The number of hydrogen-bond donors (Lipinski definition) is 1. The normalized spacial score (nSPS) is 16.9. The molecule has 0 fully saturated rings. The van der Waals surface area contributed by atoms with E-state index in [2.05, 4.69) is 0 Å². The van der Waals surface area contributed by atoms with Crippen molar-refractivity contribution in [1.29, 1.82) is 0 Å². The highest BCUT2D eigenvalue weighted by atomic mass is 35.5. The Balaban J connectivity index is 1.84. The zero-order valence-electron chi connectivity index (χ0n) is 11.7. The first-order valence-electron chi connectivity index (χ1n) is 6.91. The van der Waals surface area contributed by atoms with E-state index in [0.717, 1.165) is 15.5 Å². The molecule has 6 heteroatoms. The fourth-order valence-electron chi connectivity index (χ4n) is 2.83. The summed E-state index contributed by atoms with van der Waals surface area (Å²) in [7, 11) is 0. The first-order valence-corrected chi connectivity index (χ1v) is 8.17. The highest BCUT2D eigenvalue weighted by Gasteiger charge is 2.37. The second-order valence-corrected chi connectivity index (χ2v) is 6.69. The van der Waals surface area contributed by atoms with E-state index in [0.29, 0.717) is 18.5 Å². The molecule has 1 atom stereocenters. The van der Waals surface area contributed by atoms with Crippen molar-refractivity contribution in [1.82, 2.24) is 4.90 Å². The zero-order chi connectivity index (χ0) is 15.7. The third-order valence-corrected chi connectivity index (χ3v) is 5.12. The maximum absolute atomic E-state index is 12.5. The second-order valence-electron chi connectivity index (χ2n) is 5.17. The van der Waals surface area contributed by atoms with Gasteiger partial charge in [0.15, 0.2) is 0 Å². The van der Waals surface area contributed by atoms with E-state index in [9.17, 15) is 9.59 Å². The smallest absolute Gasteiger partial charge is 0.305 e. The van der Waals surface area contributed by atoms with Crippen molar-refractivity contribution in [2.75, 3.05) is 6.54 Å². The number of amides is 1. The minimum Gasteiger partial charge on any atom is -0.481 e. The van der Waals surface area contributed by atoms with Crippen LogP contribution in [-0.4, -0.2) is 28.4 Å². The maximum atomic E-state index is 12.5. The van der Waals surface area contributed by atoms with Gasteiger partial charge in [-0.15, -0.1) is 11.3 Å². The highest BCUT2D eigenvalue weighted by Crippen LogP contribution is 2.36. The maximum Gasteiger partial charge on any atom is 0.305 e.